The third-order valence-corrected chi connectivity index (χ3v) is 5.86. The zero-order valence-electron chi connectivity index (χ0n) is 17.9. The van der Waals surface area contributed by atoms with E-state index in [2.05, 4.69) is 10.00 Å². The Morgan fingerprint density at radius 3 is 2.16 bits per heavy atom. The molecule has 0 N–H and O–H groups in total. The van der Waals surface area contributed by atoms with Gasteiger partial charge in [0, 0.05) is 44.3 Å². The van der Waals surface area contributed by atoms with Crippen LogP contribution in [0.4, 0.5) is 10.1 Å². The van der Waals surface area contributed by atoms with Crippen molar-refractivity contribution in [3.8, 4) is 11.5 Å². The van der Waals surface area contributed by atoms with Gasteiger partial charge in [-0.2, -0.15) is 5.10 Å². The van der Waals surface area contributed by atoms with Crippen LogP contribution in [0.15, 0.2) is 79.3 Å². The first-order chi connectivity index (χ1) is 15.6. The van der Waals surface area contributed by atoms with Gasteiger partial charge in [0.1, 0.15) is 11.4 Å². The van der Waals surface area contributed by atoms with Gasteiger partial charge in [-0.15, -0.1) is 0 Å². The minimum atomic E-state index is -0.245. The fraction of sp³-hybridized carbons (Fsp3) is 0.200. The Labute approximate surface area is 186 Å². The third kappa shape index (κ3) is 3.77. The number of halogens is 1. The highest BCUT2D eigenvalue weighted by atomic mass is 19.1. The largest absolute Gasteiger partial charge is 0.368 e. The molecule has 162 valence electrons. The molecule has 0 spiro atoms. The number of benzene rings is 2. The van der Waals surface area contributed by atoms with Gasteiger partial charge in [0.2, 0.25) is 0 Å². The number of amides is 1. The molecule has 4 aromatic rings. The van der Waals surface area contributed by atoms with Crippen LogP contribution in [0.2, 0.25) is 0 Å². The van der Waals surface area contributed by atoms with Crippen molar-refractivity contribution in [3.05, 3.63) is 96.2 Å². The fourth-order valence-corrected chi connectivity index (χ4v) is 4.08. The van der Waals surface area contributed by atoms with Gasteiger partial charge < -0.3 is 14.4 Å². The van der Waals surface area contributed by atoms with Gasteiger partial charge in [0.05, 0.1) is 11.9 Å². The minimum Gasteiger partial charge on any atom is -0.368 e. The van der Waals surface area contributed by atoms with E-state index in [4.69, 9.17) is 0 Å². The second-order valence-corrected chi connectivity index (χ2v) is 7.98. The van der Waals surface area contributed by atoms with Crippen molar-refractivity contribution in [1.82, 2.24) is 19.2 Å². The van der Waals surface area contributed by atoms with E-state index in [9.17, 15) is 9.18 Å². The highest BCUT2D eigenvalue weighted by Gasteiger charge is 2.27. The molecule has 7 heteroatoms. The lowest BCUT2D eigenvalue weighted by molar-refractivity contribution is 0.0747. The van der Waals surface area contributed by atoms with Gasteiger partial charge >= 0.3 is 0 Å². The first-order valence-electron chi connectivity index (χ1n) is 10.7. The lowest BCUT2D eigenvalue weighted by Crippen LogP contribution is -2.48. The van der Waals surface area contributed by atoms with Crippen molar-refractivity contribution in [3.63, 3.8) is 0 Å². The highest BCUT2D eigenvalue weighted by Crippen LogP contribution is 2.23. The molecule has 1 aliphatic rings. The van der Waals surface area contributed by atoms with Gasteiger partial charge in [0.15, 0.2) is 5.82 Å². The number of carbonyl (C=O) groups is 1. The molecule has 0 radical (unpaired) electrons. The van der Waals surface area contributed by atoms with Crippen LogP contribution in [0.5, 0.6) is 0 Å². The van der Waals surface area contributed by atoms with Crippen molar-refractivity contribution in [2.45, 2.75) is 6.92 Å². The molecular formula is C25H24FN5O. The Hall–Kier alpha value is -3.87. The molecule has 0 saturated carbocycles. The molecule has 0 unspecified atom stereocenters. The van der Waals surface area contributed by atoms with Crippen molar-refractivity contribution in [2.24, 2.45) is 0 Å². The Bertz CT molecular complexity index is 1200. The fourth-order valence-electron chi connectivity index (χ4n) is 4.08. The zero-order chi connectivity index (χ0) is 22.1. The predicted octanol–water partition coefficient (Wildman–Crippen LogP) is 4.07. The van der Waals surface area contributed by atoms with E-state index < -0.39 is 0 Å². The van der Waals surface area contributed by atoms with Gasteiger partial charge in [0.25, 0.3) is 5.91 Å². The van der Waals surface area contributed by atoms with Crippen molar-refractivity contribution in [1.29, 1.82) is 0 Å². The number of hydrogen-bond donors (Lipinski definition) is 0. The Morgan fingerprint density at radius 2 is 1.50 bits per heavy atom. The molecule has 1 saturated heterocycles. The molecule has 2 aromatic carbocycles. The normalized spacial score (nSPS) is 14.1. The maximum atomic E-state index is 13.5. The number of piperazine rings is 1. The molecule has 1 aliphatic heterocycles. The molecule has 0 atom stereocenters. The van der Waals surface area contributed by atoms with E-state index in [-0.39, 0.29) is 11.7 Å². The Morgan fingerprint density at radius 1 is 0.875 bits per heavy atom. The number of nitrogens with zero attached hydrogens (tertiary/aromatic N) is 5. The summed E-state index contributed by atoms with van der Waals surface area (Å²) < 4.78 is 17.0. The average Bonchev–Trinajstić information content (AvgIpc) is 3.50. The van der Waals surface area contributed by atoms with Crippen molar-refractivity contribution >= 4 is 11.6 Å². The lowest BCUT2D eigenvalue weighted by atomic mass is 10.2. The predicted molar refractivity (Wildman–Crippen MR) is 122 cm³/mol. The molecule has 32 heavy (non-hydrogen) atoms. The van der Waals surface area contributed by atoms with Crippen LogP contribution in [0.1, 0.15) is 15.9 Å². The molecule has 6 nitrogen and oxygen atoms in total. The molecule has 1 fully saturated rings. The summed E-state index contributed by atoms with van der Waals surface area (Å²) in [7, 11) is 0. The summed E-state index contributed by atoms with van der Waals surface area (Å²) in [4.78, 5) is 17.5. The van der Waals surface area contributed by atoms with E-state index in [1.54, 1.807) is 23.0 Å². The smallest absolute Gasteiger partial charge is 0.259 e. The SMILES string of the molecule is Cc1ccc(-n2ncc(C(=O)N3CCN(c4ccc(F)cc4)CC3)c2-n2cccc2)cc1. The molecule has 0 bridgehead atoms. The van der Waals surface area contributed by atoms with E-state index >= 15 is 0 Å². The second-order valence-electron chi connectivity index (χ2n) is 7.98. The van der Waals surface area contributed by atoms with Crippen LogP contribution in [0.3, 0.4) is 0 Å². The van der Waals surface area contributed by atoms with Crippen LogP contribution in [-0.2, 0) is 0 Å². The monoisotopic (exact) mass is 429 g/mol. The van der Waals surface area contributed by atoms with Crippen molar-refractivity contribution in [2.75, 3.05) is 31.1 Å². The number of hydrogen-bond acceptors (Lipinski definition) is 3. The van der Waals surface area contributed by atoms with Crippen LogP contribution < -0.4 is 4.90 Å². The van der Waals surface area contributed by atoms with Gasteiger partial charge in [-0.25, -0.2) is 9.07 Å². The van der Waals surface area contributed by atoms with Gasteiger partial charge in [-0.05, 0) is 55.5 Å². The topological polar surface area (TPSA) is 46.3 Å². The third-order valence-electron chi connectivity index (χ3n) is 5.86. The summed E-state index contributed by atoms with van der Waals surface area (Å²) in [5, 5.41) is 4.56. The Balaban J connectivity index is 1.40. The first kappa shape index (κ1) is 20.1. The number of carbonyl (C=O) groups excluding carboxylic acids is 1. The summed E-state index contributed by atoms with van der Waals surface area (Å²) >= 11 is 0. The lowest BCUT2D eigenvalue weighted by Gasteiger charge is -2.36. The maximum Gasteiger partial charge on any atom is 0.259 e. The summed E-state index contributed by atoms with van der Waals surface area (Å²) in [6.07, 6.45) is 5.50. The first-order valence-corrected chi connectivity index (χ1v) is 10.7. The number of aryl methyl sites for hydroxylation is 1. The van der Waals surface area contributed by atoms with Gasteiger partial charge in [-0.1, -0.05) is 17.7 Å². The van der Waals surface area contributed by atoms with E-state index in [0.717, 1.165) is 17.2 Å². The molecule has 0 aliphatic carbocycles. The summed E-state index contributed by atoms with van der Waals surface area (Å²) in [6, 6.07) is 18.4. The molecule has 1 amide bonds. The summed E-state index contributed by atoms with van der Waals surface area (Å²) in [5.74, 6) is 0.446. The number of anilines is 1. The molecule has 2 aromatic heterocycles. The average molecular weight is 429 g/mol. The standard InChI is InChI=1S/C25H24FN5O/c1-19-4-8-22(9-5-19)31-24(29-12-2-3-13-29)23(18-27-31)25(32)30-16-14-28(15-17-30)21-10-6-20(26)7-11-21/h2-13,18H,14-17H2,1H3. The number of aromatic nitrogens is 3. The van der Waals surface area contributed by atoms with Gasteiger partial charge in [-0.3, -0.25) is 4.79 Å². The van der Waals surface area contributed by atoms with Crippen molar-refractivity contribution < 1.29 is 9.18 Å². The maximum absolute atomic E-state index is 13.5. The van der Waals surface area contributed by atoms with E-state index in [0.29, 0.717) is 31.7 Å². The van der Waals surface area contributed by atoms with E-state index in [1.165, 1.54) is 17.7 Å². The minimum absolute atomic E-state index is 0.0363. The summed E-state index contributed by atoms with van der Waals surface area (Å²) in [5.41, 5.74) is 3.61. The van der Waals surface area contributed by atoms with Crippen LogP contribution >= 0.6 is 0 Å². The Kier molecular flexibility index (Phi) is 5.23. The quantitative estimate of drug-likeness (QED) is 0.491. The molecular weight excluding hydrogens is 405 g/mol. The summed E-state index contributed by atoms with van der Waals surface area (Å²) in [6.45, 7) is 4.62. The second kappa shape index (κ2) is 8.34. The number of rotatable bonds is 4. The molecule has 3 heterocycles. The van der Waals surface area contributed by atoms with E-state index in [1.807, 2.05) is 65.2 Å². The van der Waals surface area contributed by atoms with Crippen LogP contribution in [0, 0.1) is 12.7 Å². The highest BCUT2D eigenvalue weighted by molar-refractivity contribution is 5.97. The zero-order valence-corrected chi connectivity index (χ0v) is 17.9. The molecule has 5 rings (SSSR count). The van der Waals surface area contributed by atoms with Crippen LogP contribution in [-0.4, -0.2) is 51.3 Å². The van der Waals surface area contributed by atoms with Crippen LogP contribution in [0.25, 0.3) is 11.5 Å².